The van der Waals surface area contributed by atoms with Crippen LogP contribution >= 0.6 is 0 Å². The Kier molecular flexibility index (Phi) is 11.5. The van der Waals surface area contributed by atoms with E-state index < -0.39 is 0 Å². The zero-order valence-corrected chi connectivity index (χ0v) is 33.3. The second kappa shape index (κ2) is 17.2. The van der Waals surface area contributed by atoms with E-state index >= 15 is 0 Å². The Labute approximate surface area is 340 Å². The number of benzene rings is 6. The topological polar surface area (TPSA) is 129 Å². The quantitative estimate of drug-likeness (QED) is 0.156. The molecular formula is C49H42N4O6. The van der Waals surface area contributed by atoms with Gasteiger partial charge in [-0.25, -0.2) is 9.97 Å². The van der Waals surface area contributed by atoms with Crippen LogP contribution in [0.5, 0.6) is 23.0 Å². The van der Waals surface area contributed by atoms with E-state index in [0.29, 0.717) is 56.1 Å². The van der Waals surface area contributed by atoms with Gasteiger partial charge in [-0.05, 0) is 122 Å². The van der Waals surface area contributed by atoms with Crippen LogP contribution < -0.4 is 20.6 Å². The number of rotatable bonds is 8. The molecule has 0 unspecified atom stereocenters. The monoisotopic (exact) mass is 782 g/mol. The third-order valence-electron chi connectivity index (χ3n) is 9.94. The molecule has 10 heteroatoms. The van der Waals surface area contributed by atoms with E-state index in [0.717, 1.165) is 28.1 Å². The van der Waals surface area contributed by atoms with E-state index in [2.05, 4.69) is 0 Å². The lowest BCUT2D eigenvalue weighted by atomic mass is 10.1. The fourth-order valence-electron chi connectivity index (χ4n) is 6.66. The number of aromatic nitrogens is 4. The molecule has 0 fully saturated rings. The molecule has 0 radical (unpaired) electrons. The number of phenolic OH excluding ortho intramolecular Hbond substituents is 2. The number of nitrogens with zero attached hydrogens (tertiary/aromatic N) is 4. The molecule has 0 aliphatic heterocycles. The highest BCUT2D eigenvalue weighted by atomic mass is 16.5. The predicted molar refractivity (Wildman–Crippen MR) is 236 cm³/mol. The van der Waals surface area contributed by atoms with Crippen LogP contribution in [-0.2, 0) is 0 Å². The van der Waals surface area contributed by atoms with Gasteiger partial charge in [0.2, 0.25) is 0 Å². The molecule has 10 nitrogen and oxygen atoms in total. The van der Waals surface area contributed by atoms with Gasteiger partial charge in [0.1, 0.15) is 11.6 Å². The van der Waals surface area contributed by atoms with E-state index in [1.165, 1.54) is 14.2 Å². The van der Waals surface area contributed by atoms with Crippen LogP contribution in [0.15, 0.2) is 137 Å². The minimum atomic E-state index is -0.143. The van der Waals surface area contributed by atoms with E-state index in [-0.39, 0.29) is 22.6 Å². The van der Waals surface area contributed by atoms with Crippen LogP contribution in [0.4, 0.5) is 0 Å². The Hall–Kier alpha value is -7.72. The first-order valence-electron chi connectivity index (χ1n) is 18.8. The van der Waals surface area contributed by atoms with Gasteiger partial charge in [-0.1, -0.05) is 66.7 Å². The number of aryl methyl sites for hydroxylation is 3. The predicted octanol–water partition coefficient (Wildman–Crippen LogP) is 9.47. The van der Waals surface area contributed by atoms with Crippen molar-refractivity contribution >= 4 is 46.1 Å². The van der Waals surface area contributed by atoms with Crippen molar-refractivity contribution in [2.75, 3.05) is 14.2 Å². The molecule has 0 atom stereocenters. The van der Waals surface area contributed by atoms with Crippen molar-refractivity contribution in [2.45, 2.75) is 20.8 Å². The summed E-state index contributed by atoms with van der Waals surface area (Å²) < 4.78 is 13.5. The standard InChI is InChI=1S/C25H22N2O3.C24H20N2O3/c1-16-11-13-19(15-17(16)2)27-23(26-21-9-5-4-8-20(21)25(27)29)14-12-18-7-6-10-22(30-3)24(18)28;1-16-7-5-9-18(15-16)26-22(25-20-11-4-3-10-19(20)24(26)28)14-13-17-8-6-12-21(29-2)23(17)27/h4-15,28H,1-3H3;3-15,27H,1-2H3/b14-12+;14-13+. The molecule has 0 aliphatic carbocycles. The van der Waals surface area contributed by atoms with Gasteiger partial charge in [0.15, 0.2) is 23.0 Å². The van der Waals surface area contributed by atoms with E-state index in [1.807, 2.05) is 99.6 Å². The molecule has 2 aromatic heterocycles. The molecule has 294 valence electrons. The normalized spacial score (nSPS) is 11.3. The highest BCUT2D eigenvalue weighted by Gasteiger charge is 2.14. The molecule has 59 heavy (non-hydrogen) atoms. The Morgan fingerprint density at radius 1 is 0.508 bits per heavy atom. The Morgan fingerprint density at radius 2 is 0.983 bits per heavy atom. The first-order valence-corrected chi connectivity index (χ1v) is 18.8. The maximum atomic E-state index is 13.3. The highest BCUT2D eigenvalue weighted by molar-refractivity contribution is 5.82. The molecule has 0 amide bonds. The lowest BCUT2D eigenvalue weighted by Crippen LogP contribution is -2.22. The van der Waals surface area contributed by atoms with Gasteiger partial charge >= 0.3 is 0 Å². The number of aromatic hydroxyl groups is 2. The zero-order valence-electron chi connectivity index (χ0n) is 33.3. The van der Waals surface area contributed by atoms with Crippen molar-refractivity contribution in [1.29, 1.82) is 0 Å². The van der Waals surface area contributed by atoms with Gasteiger partial charge in [-0.2, -0.15) is 0 Å². The molecule has 0 saturated heterocycles. The summed E-state index contributed by atoms with van der Waals surface area (Å²) in [5.41, 5.74) is 6.88. The minimum absolute atomic E-state index is 0.0384. The molecule has 6 aromatic carbocycles. The average molecular weight is 783 g/mol. The van der Waals surface area contributed by atoms with Crippen LogP contribution in [0, 0.1) is 20.8 Å². The van der Waals surface area contributed by atoms with Gasteiger partial charge in [0.05, 0.1) is 47.4 Å². The molecule has 0 aliphatic rings. The van der Waals surface area contributed by atoms with Crippen molar-refractivity contribution < 1.29 is 19.7 Å². The SMILES string of the molecule is COc1cccc(/C=C/c2nc3ccccc3c(=O)n2-c2ccc(C)c(C)c2)c1O.COc1cccc(/C=C/c2nc3ccccc3c(=O)n2-c2cccc(C)c2)c1O. The lowest BCUT2D eigenvalue weighted by Gasteiger charge is -2.13. The van der Waals surface area contributed by atoms with Crippen LogP contribution in [0.1, 0.15) is 39.5 Å². The molecule has 2 heterocycles. The third-order valence-corrected chi connectivity index (χ3v) is 9.94. The molecule has 2 N–H and O–H groups in total. The minimum Gasteiger partial charge on any atom is -0.504 e. The molecule has 0 bridgehead atoms. The summed E-state index contributed by atoms with van der Waals surface area (Å²) in [6.07, 6.45) is 6.91. The van der Waals surface area contributed by atoms with Crippen molar-refractivity contribution in [3.05, 3.63) is 188 Å². The van der Waals surface area contributed by atoms with Gasteiger partial charge < -0.3 is 19.7 Å². The summed E-state index contributed by atoms with van der Waals surface area (Å²) in [4.78, 5) is 36.0. The fourth-order valence-corrected chi connectivity index (χ4v) is 6.66. The van der Waals surface area contributed by atoms with E-state index in [9.17, 15) is 19.8 Å². The second-order valence-electron chi connectivity index (χ2n) is 13.8. The third kappa shape index (κ3) is 8.24. The largest absolute Gasteiger partial charge is 0.504 e. The van der Waals surface area contributed by atoms with Gasteiger partial charge in [-0.3, -0.25) is 18.7 Å². The Morgan fingerprint density at radius 3 is 1.46 bits per heavy atom. The number of methoxy groups -OCH3 is 2. The maximum Gasteiger partial charge on any atom is 0.266 e. The highest BCUT2D eigenvalue weighted by Crippen LogP contribution is 2.32. The molecular weight excluding hydrogens is 741 g/mol. The summed E-state index contributed by atoms with van der Waals surface area (Å²) in [5.74, 6) is 1.80. The van der Waals surface area contributed by atoms with Crippen LogP contribution in [0.2, 0.25) is 0 Å². The van der Waals surface area contributed by atoms with Crippen molar-refractivity contribution in [3.8, 4) is 34.4 Å². The number of phenols is 2. The summed E-state index contributed by atoms with van der Waals surface area (Å²) in [6, 6.07) is 38.7. The lowest BCUT2D eigenvalue weighted by molar-refractivity contribution is 0.373. The molecule has 8 aromatic rings. The summed E-state index contributed by atoms with van der Waals surface area (Å²) >= 11 is 0. The molecule has 0 spiro atoms. The van der Waals surface area contributed by atoms with Gasteiger partial charge in [0.25, 0.3) is 11.1 Å². The number of ether oxygens (including phenoxy) is 2. The number of hydrogen-bond donors (Lipinski definition) is 2. The van der Waals surface area contributed by atoms with Crippen molar-refractivity contribution in [1.82, 2.24) is 19.1 Å². The summed E-state index contributed by atoms with van der Waals surface area (Å²) in [6.45, 7) is 6.03. The summed E-state index contributed by atoms with van der Waals surface area (Å²) in [5, 5.41) is 21.8. The maximum absolute atomic E-state index is 13.3. The van der Waals surface area contributed by atoms with Gasteiger partial charge in [0, 0.05) is 11.1 Å². The number of fused-ring (bicyclic) bond motifs is 2. The number of para-hydroxylation sites is 4. The van der Waals surface area contributed by atoms with Crippen LogP contribution in [0.25, 0.3) is 57.5 Å². The molecule has 0 saturated carbocycles. The van der Waals surface area contributed by atoms with Crippen LogP contribution in [0.3, 0.4) is 0 Å². The fraction of sp³-hybridized carbons (Fsp3) is 0.102. The Bertz CT molecular complexity index is 3040. The van der Waals surface area contributed by atoms with Crippen molar-refractivity contribution in [3.63, 3.8) is 0 Å². The molecule has 8 rings (SSSR count). The summed E-state index contributed by atoms with van der Waals surface area (Å²) in [7, 11) is 3.01. The van der Waals surface area contributed by atoms with Crippen LogP contribution in [-0.4, -0.2) is 43.5 Å². The average Bonchev–Trinajstić information content (AvgIpc) is 3.24. The zero-order chi connectivity index (χ0) is 41.6. The smallest absolute Gasteiger partial charge is 0.266 e. The van der Waals surface area contributed by atoms with E-state index in [1.54, 1.807) is 82.0 Å². The number of hydrogen-bond acceptors (Lipinski definition) is 8. The first kappa shape index (κ1) is 39.5. The first-order chi connectivity index (χ1) is 28.6. The second-order valence-corrected chi connectivity index (χ2v) is 13.8. The van der Waals surface area contributed by atoms with Gasteiger partial charge in [-0.15, -0.1) is 0 Å². The Balaban J connectivity index is 0.000000179. The van der Waals surface area contributed by atoms with E-state index in [4.69, 9.17) is 19.4 Å². The van der Waals surface area contributed by atoms with Crippen molar-refractivity contribution in [2.24, 2.45) is 0 Å².